The van der Waals surface area contributed by atoms with Crippen LogP contribution in [0.15, 0.2) is 4.52 Å². The molecule has 0 aliphatic carbocycles. The number of aliphatic hydroxyl groups is 1. The molecule has 7 heteroatoms. The summed E-state index contributed by atoms with van der Waals surface area (Å²) in [7, 11) is 1.73. The topological polar surface area (TPSA) is 91.5 Å². The van der Waals surface area contributed by atoms with Crippen molar-refractivity contribution in [1.82, 2.24) is 20.4 Å². The first-order valence-corrected chi connectivity index (χ1v) is 7.15. The van der Waals surface area contributed by atoms with E-state index >= 15 is 0 Å². The van der Waals surface area contributed by atoms with Gasteiger partial charge in [-0.25, -0.2) is 0 Å². The van der Waals surface area contributed by atoms with Crippen LogP contribution in [0.2, 0.25) is 0 Å². The molecule has 1 aliphatic rings. The minimum atomic E-state index is -0.220. The number of aromatic nitrogens is 2. The molecular weight excluding hydrogens is 260 g/mol. The molecule has 1 atom stereocenters. The quantitative estimate of drug-likeness (QED) is 0.716. The van der Waals surface area contributed by atoms with Crippen LogP contribution in [0.5, 0.6) is 0 Å². The van der Waals surface area contributed by atoms with Crippen molar-refractivity contribution in [1.29, 1.82) is 0 Å². The zero-order valence-corrected chi connectivity index (χ0v) is 11.8. The zero-order valence-electron chi connectivity index (χ0n) is 11.8. The molecule has 2 N–H and O–H groups in total. The summed E-state index contributed by atoms with van der Waals surface area (Å²) in [6.07, 6.45) is 4.57. The Morgan fingerprint density at radius 1 is 1.50 bits per heavy atom. The van der Waals surface area contributed by atoms with Crippen LogP contribution in [-0.4, -0.2) is 52.8 Å². The van der Waals surface area contributed by atoms with Gasteiger partial charge in [-0.05, 0) is 38.6 Å². The highest BCUT2D eigenvalue weighted by Gasteiger charge is 2.25. The zero-order chi connectivity index (χ0) is 14.4. The summed E-state index contributed by atoms with van der Waals surface area (Å²) in [6.45, 7) is 1.77. The van der Waals surface area contributed by atoms with Crippen LogP contribution in [0, 0.1) is 0 Å². The summed E-state index contributed by atoms with van der Waals surface area (Å²) in [6, 6.07) is 0.0823. The van der Waals surface area contributed by atoms with Crippen molar-refractivity contribution in [2.75, 3.05) is 26.7 Å². The fourth-order valence-electron chi connectivity index (χ4n) is 2.27. The van der Waals surface area contributed by atoms with E-state index in [2.05, 4.69) is 15.5 Å². The molecule has 2 rings (SSSR count). The normalized spacial score (nSPS) is 18.4. The van der Waals surface area contributed by atoms with Gasteiger partial charge in [0.15, 0.2) is 0 Å². The van der Waals surface area contributed by atoms with E-state index in [0.717, 1.165) is 38.6 Å². The molecule has 1 saturated heterocycles. The van der Waals surface area contributed by atoms with Crippen molar-refractivity contribution in [3.8, 4) is 0 Å². The van der Waals surface area contributed by atoms with Crippen LogP contribution in [0.4, 0.5) is 0 Å². The average molecular weight is 282 g/mol. The molecule has 1 amide bonds. The van der Waals surface area contributed by atoms with Gasteiger partial charge in [-0.2, -0.15) is 4.98 Å². The molecule has 0 radical (unpaired) electrons. The highest BCUT2D eigenvalue weighted by Crippen LogP contribution is 2.21. The maximum Gasteiger partial charge on any atom is 0.295 e. The highest BCUT2D eigenvalue weighted by atomic mass is 16.5. The van der Waals surface area contributed by atoms with Gasteiger partial charge in [-0.1, -0.05) is 5.16 Å². The van der Waals surface area contributed by atoms with Crippen molar-refractivity contribution < 1.29 is 14.4 Å². The Morgan fingerprint density at radius 3 is 3.05 bits per heavy atom. The van der Waals surface area contributed by atoms with Crippen LogP contribution >= 0.6 is 0 Å². The fourth-order valence-corrected chi connectivity index (χ4v) is 2.27. The largest absolute Gasteiger partial charge is 0.396 e. The second kappa shape index (κ2) is 7.35. The smallest absolute Gasteiger partial charge is 0.295 e. The van der Waals surface area contributed by atoms with Gasteiger partial charge in [-0.15, -0.1) is 0 Å². The first-order valence-electron chi connectivity index (χ1n) is 7.15. The second-order valence-electron chi connectivity index (χ2n) is 5.12. The van der Waals surface area contributed by atoms with Crippen molar-refractivity contribution in [3.63, 3.8) is 0 Å². The van der Waals surface area contributed by atoms with E-state index in [1.54, 1.807) is 11.9 Å². The average Bonchev–Trinajstić information content (AvgIpc) is 3.11. The van der Waals surface area contributed by atoms with Gasteiger partial charge >= 0.3 is 0 Å². The minimum Gasteiger partial charge on any atom is -0.396 e. The summed E-state index contributed by atoms with van der Waals surface area (Å²) in [5.41, 5.74) is 0. The maximum atomic E-state index is 12.1. The number of unbranched alkanes of at least 4 members (excludes halogenated alkanes) is 2. The number of rotatable bonds is 7. The Balaban J connectivity index is 1.85. The van der Waals surface area contributed by atoms with Gasteiger partial charge in [0, 0.05) is 20.2 Å². The molecule has 2 heterocycles. The van der Waals surface area contributed by atoms with Crippen LogP contribution < -0.4 is 5.32 Å². The monoisotopic (exact) mass is 282 g/mol. The van der Waals surface area contributed by atoms with Gasteiger partial charge in [-0.3, -0.25) is 4.79 Å². The molecule has 20 heavy (non-hydrogen) atoms. The van der Waals surface area contributed by atoms with E-state index in [0.29, 0.717) is 12.4 Å². The summed E-state index contributed by atoms with van der Waals surface area (Å²) >= 11 is 0. The summed E-state index contributed by atoms with van der Waals surface area (Å²) in [5.74, 6) is 0.403. The van der Waals surface area contributed by atoms with Crippen molar-refractivity contribution >= 4 is 5.91 Å². The number of amides is 1. The number of hydrogen-bond donors (Lipinski definition) is 2. The molecule has 1 aromatic rings. The van der Waals surface area contributed by atoms with Crippen molar-refractivity contribution in [2.24, 2.45) is 0 Å². The second-order valence-corrected chi connectivity index (χ2v) is 5.12. The first kappa shape index (κ1) is 14.9. The lowest BCUT2D eigenvalue weighted by atomic mass is 10.2. The molecule has 0 saturated carbocycles. The Bertz CT molecular complexity index is 429. The third kappa shape index (κ3) is 3.77. The molecular formula is C13H22N4O3. The maximum absolute atomic E-state index is 12.1. The number of nitrogens with one attached hydrogen (secondary N) is 1. The number of carbonyl (C=O) groups excluding carboxylic acids is 1. The SMILES string of the molecule is CN(CCCCCO)C(=O)c1noc(C2CCCN2)n1. The van der Waals surface area contributed by atoms with Gasteiger partial charge in [0.25, 0.3) is 11.7 Å². The molecule has 1 aliphatic heterocycles. The minimum absolute atomic E-state index is 0.0823. The summed E-state index contributed by atoms with van der Waals surface area (Å²) < 4.78 is 5.16. The van der Waals surface area contributed by atoms with Crippen LogP contribution in [0.25, 0.3) is 0 Å². The first-order chi connectivity index (χ1) is 9.72. The fraction of sp³-hybridized carbons (Fsp3) is 0.769. The molecule has 1 unspecified atom stereocenters. The molecule has 0 bridgehead atoms. The predicted octanol–water partition coefficient (Wildman–Crippen LogP) is 0.729. The van der Waals surface area contributed by atoms with E-state index in [1.165, 1.54) is 0 Å². The van der Waals surface area contributed by atoms with Crippen LogP contribution in [0.3, 0.4) is 0 Å². The number of aliphatic hydroxyl groups excluding tert-OH is 1. The Kier molecular flexibility index (Phi) is 5.49. The molecule has 112 valence electrons. The Hall–Kier alpha value is -1.47. The Morgan fingerprint density at radius 2 is 2.35 bits per heavy atom. The van der Waals surface area contributed by atoms with E-state index in [-0.39, 0.29) is 24.4 Å². The van der Waals surface area contributed by atoms with E-state index in [1.807, 2.05) is 0 Å². The molecule has 0 spiro atoms. The molecule has 1 aromatic heterocycles. The van der Waals surface area contributed by atoms with Gasteiger partial charge in [0.05, 0.1) is 6.04 Å². The van der Waals surface area contributed by atoms with E-state index < -0.39 is 0 Å². The van der Waals surface area contributed by atoms with Gasteiger partial charge in [0.1, 0.15) is 0 Å². The molecule has 1 fully saturated rings. The van der Waals surface area contributed by atoms with Gasteiger partial charge < -0.3 is 19.8 Å². The van der Waals surface area contributed by atoms with Crippen LogP contribution in [-0.2, 0) is 0 Å². The third-order valence-electron chi connectivity index (χ3n) is 3.49. The van der Waals surface area contributed by atoms with Crippen molar-refractivity contribution in [2.45, 2.75) is 38.1 Å². The lowest BCUT2D eigenvalue weighted by Gasteiger charge is -2.14. The van der Waals surface area contributed by atoms with Crippen LogP contribution in [0.1, 0.15) is 54.7 Å². The third-order valence-corrected chi connectivity index (χ3v) is 3.49. The van der Waals surface area contributed by atoms with E-state index in [9.17, 15) is 4.79 Å². The molecule has 7 nitrogen and oxygen atoms in total. The highest BCUT2D eigenvalue weighted by molar-refractivity contribution is 5.90. The summed E-state index contributed by atoms with van der Waals surface area (Å²) in [5, 5.41) is 15.7. The molecule has 0 aromatic carbocycles. The lowest BCUT2D eigenvalue weighted by molar-refractivity contribution is 0.0777. The number of hydrogen-bond acceptors (Lipinski definition) is 6. The lowest BCUT2D eigenvalue weighted by Crippen LogP contribution is -2.28. The van der Waals surface area contributed by atoms with Crippen molar-refractivity contribution in [3.05, 3.63) is 11.7 Å². The van der Waals surface area contributed by atoms with E-state index in [4.69, 9.17) is 9.63 Å². The standard InChI is InChI=1S/C13H22N4O3/c1-17(8-3-2-4-9-18)13(19)11-15-12(20-16-11)10-6-5-7-14-10/h10,14,18H,2-9H2,1H3. The Labute approximate surface area is 118 Å². The number of nitrogens with zero attached hydrogens (tertiary/aromatic N) is 3. The predicted molar refractivity (Wildman–Crippen MR) is 72.2 cm³/mol. The summed E-state index contributed by atoms with van der Waals surface area (Å²) in [4.78, 5) is 17.9. The number of carbonyl (C=O) groups is 1. The van der Waals surface area contributed by atoms with Gasteiger partial charge in [0.2, 0.25) is 5.89 Å².